The normalized spacial score (nSPS) is 17.4. The lowest BCUT2D eigenvalue weighted by Crippen LogP contribution is -2.47. The maximum absolute atomic E-state index is 12.5. The van der Waals surface area contributed by atoms with Crippen molar-refractivity contribution in [2.24, 2.45) is 5.92 Å². The fourth-order valence-electron chi connectivity index (χ4n) is 3.18. The Bertz CT molecular complexity index is 392. The van der Waals surface area contributed by atoms with Gasteiger partial charge in [-0.2, -0.15) is 0 Å². The molecule has 6 nitrogen and oxygen atoms in total. The number of amides is 2. The van der Waals surface area contributed by atoms with Gasteiger partial charge in [-0.3, -0.25) is 9.59 Å². The van der Waals surface area contributed by atoms with Gasteiger partial charge >= 0.3 is 0 Å². The smallest absolute Gasteiger partial charge is 0.223 e. The molecule has 1 aliphatic heterocycles. The summed E-state index contributed by atoms with van der Waals surface area (Å²) in [6.07, 6.45) is 3.63. The summed E-state index contributed by atoms with van der Waals surface area (Å²) in [5, 5.41) is 3.22. The molecule has 1 rings (SSSR count). The lowest BCUT2D eigenvalue weighted by atomic mass is 9.95. The monoisotopic (exact) mass is 340 g/mol. The zero-order valence-electron chi connectivity index (χ0n) is 16.2. The van der Waals surface area contributed by atoms with E-state index in [1.807, 2.05) is 4.90 Å². The number of carbonyl (C=O) groups is 2. The lowest BCUT2D eigenvalue weighted by molar-refractivity contribution is -0.134. The number of hydrogen-bond donors (Lipinski definition) is 1. The van der Waals surface area contributed by atoms with Gasteiger partial charge in [0.25, 0.3) is 0 Å². The minimum atomic E-state index is 0.0497. The predicted molar refractivity (Wildman–Crippen MR) is 97.9 cm³/mol. The van der Waals surface area contributed by atoms with E-state index in [4.69, 9.17) is 0 Å². The molecule has 0 spiro atoms. The summed E-state index contributed by atoms with van der Waals surface area (Å²) in [5.41, 5.74) is 0. The Kier molecular flexibility index (Phi) is 9.29. The highest BCUT2D eigenvalue weighted by molar-refractivity contribution is 5.79. The number of likely N-dealkylation sites (tertiary alicyclic amines) is 1. The molecule has 6 heteroatoms. The van der Waals surface area contributed by atoms with Crippen molar-refractivity contribution < 1.29 is 9.59 Å². The standard InChI is InChI=1S/C18H36N4O2/c1-6-17(14-21(5)11-7-10-20(3)4)19-18(24)16-8-12-22(13-9-16)15(2)23/h16-17H,6-14H2,1-5H3,(H,19,24). The maximum atomic E-state index is 12.5. The van der Waals surface area contributed by atoms with Gasteiger partial charge in [-0.15, -0.1) is 0 Å². The van der Waals surface area contributed by atoms with Crippen LogP contribution in [0.2, 0.25) is 0 Å². The quantitative estimate of drug-likeness (QED) is 0.681. The van der Waals surface area contributed by atoms with Crippen LogP contribution in [0.4, 0.5) is 0 Å². The summed E-state index contributed by atoms with van der Waals surface area (Å²) >= 11 is 0. The van der Waals surface area contributed by atoms with Crippen molar-refractivity contribution in [3.63, 3.8) is 0 Å². The fourth-order valence-corrected chi connectivity index (χ4v) is 3.18. The van der Waals surface area contributed by atoms with Crippen LogP contribution >= 0.6 is 0 Å². The van der Waals surface area contributed by atoms with Crippen LogP contribution in [0.1, 0.15) is 39.5 Å². The van der Waals surface area contributed by atoms with E-state index in [0.717, 1.165) is 45.3 Å². The maximum Gasteiger partial charge on any atom is 0.223 e. The molecule has 24 heavy (non-hydrogen) atoms. The second kappa shape index (κ2) is 10.7. The average molecular weight is 341 g/mol. The van der Waals surface area contributed by atoms with E-state index >= 15 is 0 Å². The Hall–Kier alpha value is -1.14. The summed E-state index contributed by atoms with van der Waals surface area (Å²) in [4.78, 5) is 30.2. The highest BCUT2D eigenvalue weighted by atomic mass is 16.2. The second-order valence-electron chi connectivity index (χ2n) is 7.31. The van der Waals surface area contributed by atoms with Crippen LogP contribution in [0.3, 0.4) is 0 Å². The number of rotatable bonds is 9. The molecular formula is C18H36N4O2. The van der Waals surface area contributed by atoms with Crippen molar-refractivity contribution in [1.82, 2.24) is 20.0 Å². The second-order valence-corrected chi connectivity index (χ2v) is 7.31. The number of likely N-dealkylation sites (N-methyl/N-ethyl adjacent to an activating group) is 1. The highest BCUT2D eigenvalue weighted by Gasteiger charge is 2.27. The molecule has 1 saturated heterocycles. The third-order valence-corrected chi connectivity index (χ3v) is 4.83. The SMILES string of the molecule is CCC(CN(C)CCCN(C)C)NC(=O)C1CCN(C(C)=O)CC1. The number of piperidine rings is 1. The average Bonchev–Trinajstić information content (AvgIpc) is 2.53. The third-order valence-electron chi connectivity index (χ3n) is 4.83. The topological polar surface area (TPSA) is 55.9 Å². The summed E-state index contributed by atoms with van der Waals surface area (Å²) in [6.45, 7) is 8.14. The molecule has 0 saturated carbocycles. The van der Waals surface area contributed by atoms with Crippen LogP contribution in [0.25, 0.3) is 0 Å². The van der Waals surface area contributed by atoms with Gasteiger partial charge in [-0.25, -0.2) is 0 Å². The van der Waals surface area contributed by atoms with E-state index in [0.29, 0.717) is 13.1 Å². The van der Waals surface area contributed by atoms with Crippen LogP contribution in [-0.2, 0) is 9.59 Å². The Balaban J connectivity index is 2.33. The lowest BCUT2D eigenvalue weighted by Gasteiger charge is -2.32. The number of nitrogens with one attached hydrogen (secondary N) is 1. The number of nitrogens with zero attached hydrogens (tertiary/aromatic N) is 3. The summed E-state index contributed by atoms with van der Waals surface area (Å²) in [7, 11) is 6.30. The summed E-state index contributed by atoms with van der Waals surface area (Å²) < 4.78 is 0. The predicted octanol–water partition coefficient (Wildman–Crippen LogP) is 1.02. The van der Waals surface area contributed by atoms with E-state index in [2.05, 4.69) is 43.2 Å². The Morgan fingerprint density at radius 3 is 2.29 bits per heavy atom. The van der Waals surface area contributed by atoms with Crippen molar-refractivity contribution in [2.75, 3.05) is 53.9 Å². The largest absolute Gasteiger partial charge is 0.352 e. The van der Waals surface area contributed by atoms with Crippen molar-refractivity contribution in [3.8, 4) is 0 Å². The van der Waals surface area contributed by atoms with Gasteiger partial charge in [-0.1, -0.05) is 6.92 Å². The van der Waals surface area contributed by atoms with Gasteiger partial charge < -0.3 is 20.0 Å². The van der Waals surface area contributed by atoms with Gasteiger partial charge in [0.05, 0.1) is 0 Å². The molecular weight excluding hydrogens is 304 g/mol. The molecule has 0 aromatic rings. The van der Waals surface area contributed by atoms with Crippen LogP contribution in [-0.4, -0.2) is 86.4 Å². The molecule has 1 aliphatic rings. The van der Waals surface area contributed by atoms with Crippen LogP contribution < -0.4 is 5.32 Å². The van der Waals surface area contributed by atoms with E-state index < -0.39 is 0 Å². The number of hydrogen-bond acceptors (Lipinski definition) is 4. The third kappa shape index (κ3) is 7.62. The summed E-state index contributed by atoms with van der Waals surface area (Å²) in [6, 6.07) is 0.202. The van der Waals surface area contributed by atoms with Gasteiger partial charge in [-0.05, 0) is 59.9 Å². The van der Waals surface area contributed by atoms with Crippen molar-refractivity contribution in [1.29, 1.82) is 0 Å². The molecule has 2 amide bonds. The van der Waals surface area contributed by atoms with Gasteiger partial charge in [0.2, 0.25) is 11.8 Å². The van der Waals surface area contributed by atoms with Gasteiger partial charge in [0, 0.05) is 38.5 Å². The highest BCUT2D eigenvalue weighted by Crippen LogP contribution is 2.17. The first-order valence-electron chi connectivity index (χ1n) is 9.22. The van der Waals surface area contributed by atoms with Crippen molar-refractivity contribution >= 4 is 11.8 Å². The van der Waals surface area contributed by atoms with E-state index in [9.17, 15) is 9.59 Å². The molecule has 0 aromatic heterocycles. The number of carbonyl (C=O) groups excluding carboxylic acids is 2. The molecule has 1 fully saturated rings. The van der Waals surface area contributed by atoms with Crippen molar-refractivity contribution in [2.45, 2.75) is 45.6 Å². The Morgan fingerprint density at radius 1 is 1.17 bits per heavy atom. The minimum absolute atomic E-state index is 0.0497. The molecule has 1 heterocycles. The van der Waals surface area contributed by atoms with Gasteiger partial charge in [0.15, 0.2) is 0 Å². The first kappa shape index (κ1) is 20.9. The molecule has 140 valence electrons. The van der Waals surface area contributed by atoms with Crippen molar-refractivity contribution in [3.05, 3.63) is 0 Å². The molecule has 0 bridgehead atoms. The fraction of sp³-hybridized carbons (Fsp3) is 0.889. The van der Waals surface area contributed by atoms with E-state index in [1.54, 1.807) is 6.92 Å². The Morgan fingerprint density at radius 2 is 1.79 bits per heavy atom. The van der Waals surface area contributed by atoms with E-state index in [-0.39, 0.29) is 23.8 Å². The van der Waals surface area contributed by atoms with Crippen LogP contribution in [0, 0.1) is 5.92 Å². The zero-order chi connectivity index (χ0) is 18.1. The molecule has 1 atom stereocenters. The molecule has 0 aromatic carbocycles. The molecule has 0 radical (unpaired) electrons. The zero-order valence-corrected chi connectivity index (χ0v) is 16.2. The molecule has 1 N–H and O–H groups in total. The first-order valence-corrected chi connectivity index (χ1v) is 9.22. The summed E-state index contributed by atoms with van der Waals surface area (Å²) in [5.74, 6) is 0.320. The van der Waals surface area contributed by atoms with Crippen LogP contribution in [0.5, 0.6) is 0 Å². The van der Waals surface area contributed by atoms with Crippen LogP contribution in [0.15, 0.2) is 0 Å². The van der Waals surface area contributed by atoms with E-state index in [1.165, 1.54) is 0 Å². The molecule has 1 unspecified atom stereocenters. The first-order chi connectivity index (χ1) is 11.3. The minimum Gasteiger partial charge on any atom is -0.352 e. The molecule has 0 aliphatic carbocycles. The van der Waals surface area contributed by atoms with Gasteiger partial charge in [0.1, 0.15) is 0 Å². The Labute approximate surface area is 147 Å².